The van der Waals surface area contributed by atoms with E-state index in [-0.39, 0.29) is 17.5 Å². The van der Waals surface area contributed by atoms with Crippen LogP contribution in [0.15, 0.2) is 54.9 Å². The number of hydrogen-bond donors (Lipinski definition) is 0. The topological polar surface area (TPSA) is 52.8 Å². The minimum Gasteiger partial charge on any atom is -0.462 e. The van der Waals surface area contributed by atoms with Gasteiger partial charge < -0.3 is 13.9 Å². The van der Waals surface area contributed by atoms with Crippen molar-refractivity contribution in [3.8, 4) is 11.6 Å². The maximum atomic E-state index is 12.8. The predicted molar refractivity (Wildman–Crippen MR) is 105 cm³/mol. The molecule has 0 aliphatic heterocycles. The van der Waals surface area contributed by atoms with E-state index in [1.165, 1.54) is 0 Å². The van der Waals surface area contributed by atoms with Crippen molar-refractivity contribution in [1.29, 1.82) is 0 Å². The second-order valence-corrected chi connectivity index (χ2v) is 6.75. The molecule has 4 aromatic rings. The molecule has 4 rings (SSSR count). The number of nitrogens with zero attached hydrogens (tertiary/aromatic N) is 2. The third-order valence-electron chi connectivity index (χ3n) is 4.44. The van der Waals surface area contributed by atoms with Gasteiger partial charge >= 0.3 is 12.1 Å². The van der Waals surface area contributed by atoms with Crippen LogP contribution in [-0.4, -0.2) is 22.0 Å². The number of halogens is 4. The fourth-order valence-electron chi connectivity index (χ4n) is 3.17. The summed E-state index contributed by atoms with van der Waals surface area (Å²) in [5.74, 6) is -0.303. The van der Waals surface area contributed by atoms with Crippen molar-refractivity contribution >= 4 is 34.0 Å². The van der Waals surface area contributed by atoms with Crippen LogP contribution in [0.2, 0.25) is 5.02 Å². The van der Waals surface area contributed by atoms with Crippen molar-refractivity contribution < 1.29 is 27.4 Å². The minimum absolute atomic E-state index is 0.157. The molecule has 3 heterocycles. The summed E-state index contributed by atoms with van der Waals surface area (Å²) >= 11 is 5.93. The van der Waals surface area contributed by atoms with E-state index in [4.69, 9.17) is 21.1 Å². The Bertz CT molecular complexity index is 1270. The van der Waals surface area contributed by atoms with Gasteiger partial charge in [-0.3, -0.25) is 0 Å². The maximum Gasteiger partial charge on any atom is 0.417 e. The molecule has 30 heavy (non-hydrogen) atoms. The number of carbonyl (C=O) groups is 1. The third kappa shape index (κ3) is 3.54. The molecule has 0 N–H and O–H groups in total. The highest BCUT2D eigenvalue weighted by atomic mass is 35.5. The summed E-state index contributed by atoms with van der Waals surface area (Å²) in [5.41, 5.74) is 0.777. The van der Waals surface area contributed by atoms with Gasteiger partial charge in [0.15, 0.2) is 0 Å². The van der Waals surface area contributed by atoms with E-state index in [1.54, 1.807) is 47.9 Å². The molecule has 0 saturated carbocycles. The average Bonchev–Trinajstić information content (AvgIpc) is 3.03. The molecular weight excluding hydrogens is 421 g/mol. The fraction of sp³-hybridized carbons (Fsp3) is 0.143. The quantitative estimate of drug-likeness (QED) is 0.363. The monoisotopic (exact) mass is 434 g/mol. The molecular formula is C21H14ClF3N2O3. The van der Waals surface area contributed by atoms with E-state index >= 15 is 0 Å². The van der Waals surface area contributed by atoms with Crippen molar-refractivity contribution in [2.75, 3.05) is 6.61 Å². The highest BCUT2D eigenvalue weighted by Crippen LogP contribution is 2.36. The van der Waals surface area contributed by atoms with E-state index < -0.39 is 17.7 Å². The first-order valence-corrected chi connectivity index (χ1v) is 9.28. The van der Waals surface area contributed by atoms with Crippen molar-refractivity contribution in [3.05, 3.63) is 71.0 Å². The van der Waals surface area contributed by atoms with Crippen molar-refractivity contribution in [2.45, 2.75) is 13.1 Å². The Kier molecular flexibility index (Phi) is 5.03. The lowest BCUT2D eigenvalue weighted by molar-refractivity contribution is -0.137. The number of rotatable bonds is 4. The summed E-state index contributed by atoms with van der Waals surface area (Å²) in [6.07, 6.45) is -2.11. The van der Waals surface area contributed by atoms with Crippen LogP contribution in [-0.2, 0) is 10.9 Å². The summed E-state index contributed by atoms with van der Waals surface area (Å²) in [5, 5.41) is 0.385. The summed E-state index contributed by atoms with van der Waals surface area (Å²) in [6.45, 7) is 1.97. The van der Waals surface area contributed by atoms with Crippen LogP contribution in [0.3, 0.4) is 0 Å². The first kappa shape index (κ1) is 20.0. The number of carbonyl (C=O) groups excluding carboxylic acids is 1. The molecule has 0 aliphatic rings. The van der Waals surface area contributed by atoms with E-state index in [0.717, 1.165) is 6.07 Å². The molecule has 154 valence electrons. The van der Waals surface area contributed by atoms with Gasteiger partial charge in [-0.15, -0.1) is 0 Å². The van der Waals surface area contributed by atoms with Crippen LogP contribution >= 0.6 is 11.6 Å². The van der Waals surface area contributed by atoms with Crippen LogP contribution in [0.4, 0.5) is 13.2 Å². The highest BCUT2D eigenvalue weighted by molar-refractivity contribution is 6.31. The number of fused-ring (bicyclic) bond motifs is 3. The minimum atomic E-state index is -4.55. The van der Waals surface area contributed by atoms with Gasteiger partial charge in [-0.2, -0.15) is 13.2 Å². The number of esters is 1. The predicted octanol–water partition coefficient (Wildman–Crippen LogP) is 6.13. The van der Waals surface area contributed by atoms with E-state index in [2.05, 4.69) is 4.98 Å². The standard InChI is InChI=1S/C21H14ClF3N2O3/c1-2-29-20(28)18-14-7-6-13(10-17(14)27-8-4-3-5-16(18)27)30-19-15(22)9-12(11-26-19)21(23,24)25/h3-11H,2H2,1H3. The van der Waals surface area contributed by atoms with Gasteiger partial charge in [-0.25, -0.2) is 9.78 Å². The van der Waals surface area contributed by atoms with Crippen LogP contribution in [0, 0.1) is 0 Å². The molecule has 1 aromatic carbocycles. The second-order valence-electron chi connectivity index (χ2n) is 6.34. The molecule has 0 saturated heterocycles. The van der Waals surface area contributed by atoms with Gasteiger partial charge in [0.05, 0.1) is 28.8 Å². The molecule has 9 heteroatoms. The summed E-state index contributed by atoms with van der Waals surface area (Å²) < 4.78 is 51.0. The Balaban J connectivity index is 1.78. The zero-order chi connectivity index (χ0) is 21.5. The highest BCUT2D eigenvalue weighted by Gasteiger charge is 2.32. The van der Waals surface area contributed by atoms with Crippen LogP contribution in [0.25, 0.3) is 16.4 Å². The van der Waals surface area contributed by atoms with Crippen LogP contribution in [0.5, 0.6) is 11.6 Å². The van der Waals surface area contributed by atoms with Gasteiger partial charge in [0.2, 0.25) is 5.88 Å². The Morgan fingerprint density at radius 2 is 1.97 bits per heavy atom. The number of alkyl halides is 3. The molecule has 0 amide bonds. The molecule has 0 unspecified atom stereocenters. The SMILES string of the molecule is CCOC(=O)c1c2ccc(Oc3ncc(C(F)(F)F)cc3Cl)cc2n2ccccc12. The van der Waals surface area contributed by atoms with Gasteiger partial charge in [0.1, 0.15) is 10.8 Å². The number of ether oxygens (including phenoxy) is 2. The first-order valence-electron chi connectivity index (χ1n) is 8.90. The molecule has 0 spiro atoms. The zero-order valence-corrected chi connectivity index (χ0v) is 16.3. The normalized spacial score (nSPS) is 11.8. The third-order valence-corrected chi connectivity index (χ3v) is 4.71. The van der Waals surface area contributed by atoms with Crippen molar-refractivity contribution in [1.82, 2.24) is 9.38 Å². The number of aromatic nitrogens is 2. The molecule has 3 aromatic heterocycles. The van der Waals surface area contributed by atoms with E-state index in [1.807, 2.05) is 6.07 Å². The maximum absolute atomic E-state index is 12.8. The van der Waals surface area contributed by atoms with Crippen molar-refractivity contribution in [3.63, 3.8) is 0 Å². The van der Waals surface area contributed by atoms with Gasteiger partial charge in [-0.05, 0) is 37.3 Å². The number of hydrogen-bond acceptors (Lipinski definition) is 4. The second kappa shape index (κ2) is 7.53. The van der Waals surface area contributed by atoms with Crippen LogP contribution in [0.1, 0.15) is 22.8 Å². The lowest BCUT2D eigenvalue weighted by atomic mass is 10.1. The largest absolute Gasteiger partial charge is 0.462 e. The lowest BCUT2D eigenvalue weighted by Crippen LogP contribution is -2.05. The Labute approximate surface area is 173 Å². The van der Waals surface area contributed by atoms with Crippen molar-refractivity contribution in [2.24, 2.45) is 0 Å². The van der Waals surface area contributed by atoms with E-state index in [0.29, 0.717) is 33.9 Å². The van der Waals surface area contributed by atoms with Gasteiger partial charge in [-0.1, -0.05) is 17.7 Å². The molecule has 0 fully saturated rings. The fourth-order valence-corrected chi connectivity index (χ4v) is 3.37. The summed E-state index contributed by atoms with van der Waals surface area (Å²) in [7, 11) is 0. The molecule has 0 atom stereocenters. The van der Waals surface area contributed by atoms with Crippen LogP contribution < -0.4 is 4.74 Å². The molecule has 0 bridgehead atoms. The Hall–Kier alpha value is -3.26. The average molecular weight is 435 g/mol. The molecule has 0 radical (unpaired) electrons. The Morgan fingerprint density at radius 1 is 1.17 bits per heavy atom. The van der Waals surface area contributed by atoms with E-state index in [9.17, 15) is 18.0 Å². The molecule has 0 aliphatic carbocycles. The zero-order valence-electron chi connectivity index (χ0n) is 15.5. The number of benzene rings is 1. The number of pyridine rings is 2. The first-order chi connectivity index (χ1) is 14.3. The summed E-state index contributed by atoms with van der Waals surface area (Å²) in [6, 6.07) is 11.1. The summed E-state index contributed by atoms with van der Waals surface area (Å²) in [4.78, 5) is 16.2. The van der Waals surface area contributed by atoms with Gasteiger partial charge in [0, 0.05) is 23.8 Å². The van der Waals surface area contributed by atoms with Gasteiger partial charge in [0.25, 0.3) is 0 Å². The molecule has 5 nitrogen and oxygen atoms in total. The lowest BCUT2D eigenvalue weighted by Gasteiger charge is -2.10. The smallest absolute Gasteiger partial charge is 0.417 e. The Morgan fingerprint density at radius 3 is 2.67 bits per heavy atom.